The number of hydrogen-bond acceptors (Lipinski definition) is 4. The van der Waals surface area contributed by atoms with Gasteiger partial charge in [0, 0.05) is 31.8 Å². The Bertz CT molecular complexity index is 375. The van der Waals surface area contributed by atoms with Gasteiger partial charge in [0.25, 0.3) is 5.91 Å². The minimum absolute atomic E-state index is 0.0606. The molecule has 0 aromatic carbocycles. The van der Waals surface area contributed by atoms with Crippen LogP contribution >= 0.6 is 0 Å². The van der Waals surface area contributed by atoms with Gasteiger partial charge < -0.3 is 4.74 Å². The monoisotopic (exact) mass is 219 g/mol. The Morgan fingerprint density at radius 2 is 2.31 bits per heavy atom. The molecule has 1 amide bonds. The van der Waals surface area contributed by atoms with E-state index in [-0.39, 0.29) is 11.5 Å². The second-order valence-corrected chi connectivity index (χ2v) is 3.85. The molecular weight excluding hydrogens is 206 g/mol. The fourth-order valence-electron chi connectivity index (χ4n) is 1.83. The summed E-state index contributed by atoms with van der Waals surface area (Å²) >= 11 is 0. The molecule has 0 saturated carbocycles. The standard InChI is InChI=1S/C11H13N3O2/c12-6-10-5-9(7-13-11(10)15)8-14-1-3-16-4-2-14/h5,7,9H,1-4,8H2. The normalized spacial score (nSPS) is 26.3. The molecule has 5 nitrogen and oxygen atoms in total. The molecule has 0 spiro atoms. The second-order valence-electron chi connectivity index (χ2n) is 3.85. The summed E-state index contributed by atoms with van der Waals surface area (Å²) in [6.45, 7) is 4.09. The van der Waals surface area contributed by atoms with E-state index < -0.39 is 5.91 Å². The van der Waals surface area contributed by atoms with Gasteiger partial charge in [-0.1, -0.05) is 6.08 Å². The first-order valence-corrected chi connectivity index (χ1v) is 5.30. The number of morpholine rings is 1. The molecule has 0 radical (unpaired) electrons. The lowest BCUT2D eigenvalue weighted by Gasteiger charge is -2.28. The maximum atomic E-state index is 11.1. The van der Waals surface area contributed by atoms with Crippen molar-refractivity contribution in [3.63, 3.8) is 0 Å². The molecule has 2 heterocycles. The quantitative estimate of drug-likeness (QED) is 0.655. The SMILES string of the molecule is N#CC1=CC(CN2CCOCC2)C=NC1=O. The van der Waals surface area contributed by atoms with E-state index in [1.165, 1.54) is 0 Å². The van der Waals surface area contributed by atoms with Crippen LogP contribution in [0.15, 0.2) is 16.6 Å². The van der Waals surface area contributed by atoms with Crippen LogP contribution in [-0.2, 0) is 9.53 Å². The highest BCUT2D eigenvalue weighted by Gasteiger charge is 2.19. The van der Waals surface area contributed by atoms with E-state index >= 15 is 0 Å². The summed E-state index contributed by atoms with van der Waals surface area (Å²) in [6, 6.07) is 1.88. The zero-order valence-electron chi connectivity index (χ0n) is 8.93. The van der Waals surface area contributed by atoms with Gasteiger partial charge in [0.2, 0.25) is 0 Å². The molecule has 2 aliphatic rings. The number of aliphatic imine (C=N–C) groups is 1. The van der Waals surface area contributed by atoms with Crippen molar-refractivity contribution < 1.29 is 9.53 Å². The van der Waals surface area contributed by atoms with E-state index in [9.17, 15) is 4.79 Å². The molecule has 1 fully saturated rings. The molecule has 0 aromatic rings. The number of carbonyl (C=O) groups is 1. The number of nitriles is 1. The van der Waals surface area contributed by atoms with Gasteiger partial charge in [-0.05, 0) is 0 Å². The molecule has 0 N–H and O–H groups in total. The van der Waals surface area contributed by atoms with Gasteiger partial charge in [0.05, 0.1) is 13.2 Å². The molecule has 5 heteroatoms. The van der Waals surface area contributed by atoms with Crippen molar-refractivity contribution >= 4 is 12.1 Å². The lowest BCUT2D eigenvalue weighted by Crippen LogP contribution is -2.39. The summed E-state index contributed by atoms with van der Waals surface area (Å²) in [4.78, 5) is 17.1. The van der Waals surface area contributed by atoms with Crippen LogP contribution in [0, 0.1) is 17.2 Å². The van der Waals surface area contributed by atoms with Gasteiger partial charge in [-0.15, -0.1) is 0 Å². The first-order valence-electron chi connectivity index (χ1n) is 5.30. The Kier molecular flexibility index (Phi) is 3.44. The van der Waals surface area contributed by atoms with Crippen molar-refractivity contribution in [2.75, 3.05) is 32.8 Å². The van der Waals surface area contributed by atoms with Gasteiger partial charge in [-0.3, -0.25) is 9.69 Å². The average Bonchev–Trinajstić information content (AvgIpc) is 2.33. The third-order valence-corrected chi connectivity index (χ3v) is 2.69. The van der Waals surface area contributed by atoms with Crippen molar-refractivity contribution in [2.45, 2.75) is 0 Å². The summed E-state index contributed by atoms with van der Waals surface area (Å²) in [7, 11) is 0. The summed E-state index contributed by atoms with van der Waals surface area (Å²) in [6.07, 6.45) is 3.32. The number of amides is 1. The summed E-state index contributed by atoms with van der Waals surface area (Å²) in [5.74, 6) is -0.369. The van der Waals surface area contributed by atoms with E-state index in [4.69, 9.17) is 10.00 Å². The van der Waals surface area contributed by atoms with Crippen LogP contribution in [0.1, 0.15) is 0 Å². The minimum Gasteiger partial charge on any atom is -0.379 e. The maximum absolute atomic E-state index is 11.1. The first-order chi connectivity index (χ1) is 7.79. The lowest BCUT2D eigenvalue weighted by molar-refractivity contribution is -0.114. The van der Waals surface area contributed by atoms with E-state index in [0.29, 0.717) is 0 Å². The van der Waals surface area contributed by atoms with Crippen LogP contribution in [0.5, 0.6) is 0 Å². The Balaban J connectivity index is 1.95. The number of dihydropyridines is 1. The van der Waals surface area contributed by atoms with Crippen LogP contribution in [0.4, 0.5) is 0 Å². The highest BCUT2D eigenvalue weighted by molar-refractivity contribution is 6.04. The number of rotatable bonds is 2. The van der Waals surface area contributed by atoms with E-state index in [2.05, 4.69) is 9.89 Å². The minimum atomic E-state index is -0.430. The van der Waals surface area contributed by atoms with Crippen LogP contribution in [-0.4, -0.2) is 49.9 Å². The second kappa shape index (κ2) is 5.01. The molecule has 1 unspecified atom stereocenters. The van der Waals surface area contributed by atoms with Crippen molar-refractivity contribution in [1.82, 2.24) is 4.90 Å². The van der Waals surface area contributed by atoms with Crippen molar-refractivity contribution in [2.24, 2.45) is 10.9 Å². The molecule has 0 bridgehead atoms. The molecule has 16 heavy (non-hydrogen) atoms. The van der Waals surface area contributed by atoms with Crippen molar-refractivity contribution in [1.29, 1.82) is 5.26 Å². The molecule has 2 rings (SSSR count). The topological polar surface area (TPSA) is 65.7 Å². The van der Waals surface area contributed by atoms with Gasteiger partial charge >= 0.3 is 0 Å². The molecule has 0 aliphatic carbocycles. The molecule has 0 aromatic heterocycles. The number of hydrogen-bond donors (Lipinski definition) is 0. The number of nitrogens with zero attached hydrogens (tertiary/aromatic N) is 3. The van der Waals surface area contributed by atoms with Crippen molar-refractivity contribution in [3.8, 4) is 6.07 Å². The fourth-order valence-corrected chi connectivity index (χ4v) is 1.83. The van der Waals surface area contributed by atoms with E-state index in [1.54, 1.807) is 12.3 Å². The van der Waals surface area contributed by atoms with Crippen molar-refractivity contribution in [3.05, 3.63) is 11.6 Å². The third-order valence-electron chi connectivity index (χ3n) is 2.69. The summed E-state index contributed by atoms with van der Waals surface area (Å²) < 4.78 is 5.25. The summed E-state index contributed by atoms with van der Waals surface area (Å²) in [5, 5.41) is 8.74. The molecule has 84 valence electrons. The lowest BCUT2D eigenvalue weighted by atomic mass is 10.0. The van der Waals surface area contributed by atoms with Crippen LogP contribution in [0.25, 0.3) is 0 Å². The fraction of sp³-hybridized carbons (Fsp3) is 0.545. The predicted molar refractivity (Wildman–Crippen MR) is 57.9 cm³/mol. The average molecular weight is 219 g/mol. The number of ether oxygens (including phenoxy) is 1. The highest BCUT2D eigenvalue weighted by Crippen LogP contribution is 2.11. The van der Waals surface area contributed by atoms with Gasteiger partial charge in [0.1, 0.15) is 11.6 Å². The zero-order chi connectivity index (χ0) is 11.4. The predicted octanol–water partition coefficient (Wildman–Crippen LogP) is -0.00422. The highest BCUT2D eigenvalue weighted by atomic mass is 16.5. The molecule has 1 saturated heterocycles. The molecular formula is C11H13N3O2. The Morgan fingerprint density at radius 3 is 3.00 bits per heavy atom. The van der Waals surface area contributed by atoms with Crippen LogP contribution in [0.2, 0.25) is 0 Å². The van der Waals surface area contributed by atoms with Crippen LogP contribution in [0.3, 0.4) is 0 Å². The Morgan fingerprint density at radius 1 is 1.56 bits per heavy atom. The van der Waals surface area contributed by atoms with Gasteiger partial charge in [-0.25, -0.2) is 4.99 Å². The maximum Gasteiger partial charge on any atom is 0.286 e. The first kappa shape index (κ1) is 11.0. The molecule has 2 aliphatic heterocycles. The summed E-state index contributed by atoms with van der Waals surface area (Å²) in [5.41, 5.74) is 0.153. The molecule has 1 atom stereocenters. The van der Waals surface area contributed by atoms with E-state index in [1.807, 2.05) is 6.07 Å². The Hall–Kier alpha value is -1.51. The Labute approximate surface area is 94.0 Å². The third kappa shape index (κ3) is 2.54. The largest absolute Gasteiger partial charge is 0.379 e. The number of carbonyl (C=O) groups excluding carboxylic acids is 1. The zero-order valence-corrected chi connectivity index (χ0v) is 8.93. The van der Waals surface area contributed by atoms with Gasteiger partial charge in [-0.2, -0.15) is 5.26 Å². The van der Waals surface area contributed by atoms with Gasteiger partial charge in [0.15, 0.2) is 0 Å². The van der Waals surface area contributed by atoms with E-state index in [0.717, 1.165) is 32.8 Å². The van der Waals surface area contributed by atoms with Crippen LogP contribution < -0.4 is 0 Å². The smallest absolute Gasteiger partial charge is 0.286 e.